The molecule has 2 amide bonds. The highest BCUT2D eigenvalue weighted by Crippen LogP contribution is 2.10. The van der Waals surface area contributed by atoms with E-state index in [1.165, 1.54) is 9.80 Å². The lowest BCUT2D eigenvalue weighted by Gasteiger charge is -2.39. The van der Waals surface area contributed by atoms with E-state index in [0.717, 1.165) is 0 Å². The van der Waals surface area contributed by atoms with Crippen LogP contribution in [0.5, 0.6) is 0 Å². The second-order valence-electron chi connectivity index (χ2n) is 3.29. The van der Waals surface area contributed by atoms with Crippen molar-refractivity contribution in [2.75, 3.05) is 31.6 Å². The van der Waals surface area contributed by atoms with E-state index in [-0.39, 0.29) is 24.4 Å². The third kappa shape index (κ3) is 2.82. The maximum Gasteiger partial charge on any atom is 0.407 e. The summed E-state index contributed by atoms with van der Waals surface area (Å²) in [5, 5.41) is 18.0. The van der Waals surface area contributed by atoms with Crippen molar-refractivity contribution in [3.05, 3.63) is 0 Å². The second kappa shape index (κ2) is 5.32. The topological polar surface area (TPSA) is 81.1 Å². The number of hydrogen-bond donors (Lipinski definition) is 2. The van der Waals surface area contributed by atoms with Gasteiger partial charge in [-0.1, -0.05) is 15.9 Å². The molecule has 0 bridgehead atoms. The Morgan fingerprint density at radius 2 is 2.07 bits per heavy atom. The fourth-order valence-electron chi connectivity index (χ4n) is 1.59. The van der Waals surface area contributed by atoms with Crippen LogP contribution in [0.25, 0.3) is 0 Å². The number of alkyl halides is 1. The van der Waals surface area contributed by atoms with Gasteiger partial charge >= 0.3 is 6.09 Å². The number of piperazine rings is 1. The minimum absolute atomic E-state index is 0.126. The Morgan fingerprint density at radius 3 is 2.53 bits per heavy atom. The van der Waals surface area contributed by atoms with E-state index in [0.29, 0.717) is 13.1 Å². The first-order valence-electron chi connectivity index (χ1n) is 4.54. The quantitative estimate of drug-likeness (QED) is 0.673. The molecule has 1 aliphatic rings. The normalized spacial score (nSPS) is 21.6. The first kappa shape index (κ1) is 12.3. The monoisotopic (exact) mass is 280 g/mol. The molecule has 0 aromatic rings. The van der Waals surface area contributed by atoms with Gasteiger partial charge in [0.25, 0.3) is 0 Å². The molecule has 0 saturated carbocycles. The summed E-state index contributed by atoms with van der Waals surface area (Å²) in [7, 11) is 0. The Kier molecular flexibility index (Phi) is 4.34. The van der Waals surface area contributed by atoms with Gasteiger partial charge in [0.05, 0.1) is 18.0 Å². The molecule has 1 saturated heterocycles. The molecule has 1 aliphatic heterocycles. The van der Waals surface area contributed by atoms with Crippen LogP contribution in [0.3, 0.4) is 0 Å². The summed E-state index contributed by atoms with van der Waals surface area (Å²) in [5.41, 5.74) is 0. The maximum absolute atomic E-state index is 11.4. The van der Waals surface area contributed by atoms with Gasteiger partial charge in [-0.2, -0.15) is 0 Å². The largest absolute Gasteiger partial charge is 0.465 e. The van der Waals surface area contributed by atoms with E-state index in [2.05, 4.69) is 15.9 Å². The average molecular weight is 281 g/mol. The summed E-state index contributed by atoms with van der Waals surface area (Å²) in [6, 6.07) is -0.431. The first-order chi connectivity index (χ1) is 7.10. The zero-order valence-electron chi connectivity index (χ0n) is 8.10. The van der Waals surface area contributed by atoms with Crippen LogP contribution in [-0.2, 0) is 4.79 Å². The van der Waals surface area contributed by atoms with E-state index in [4.69, 9.17) is 10.2 Å². The van der Waals surface area contributed by atoms with E-state index in [9.17, 15) is 9.59 Å². The highest BCUT2D eigenvalue weighted by Gasteiger charge is 2.31. The predicted octanol–water partition coefficient (Wildman–Crippen LogP) is -0.436. The maximum atomic E-state index is 11.4. The Bertz CT molecular complexity index is 261. The summed E-state index contributed by atoms with van der Waals surface area (Å²) in [6.07, 6.45) is -1.01. The van der Waals surface area contributed by atoms with Crippen molar-refractivity contribution in [1.29, 1.82) is 0 Å². The van der Waals surface area contributed by atoms with Gasteiger partial charge in [-0.3, -0.25) is 4.79 Å². The first-order valence-corrected chi connectivity index (χ1v) is 5.66. The van der Waals surface area contributed by atoms with Crippen LogP contribution in [0.2, 0.25) is 0 Å². The lowest BCUT2D eigenvalue weighted by Crippen LogP contribution is -2.57. The standard InChI is InChI=1S/C8H13BrN2O4/c9-3-7(13)11-2-1-10(8(14)15)4-6(11)5-12/h6,12H,1-5H2,(H,14,15)/t6-/m0/s1. The van der Waals surface area contributed by atoms with Crippen molar-refractivity contribution < 1.29 is 19.8 Å². The van der Waals surface area contributed by atoms with Gasteiger partial charge in [0.15, 0.2) is 0 Å². The molecule has 7 heteroatoms. The highest BCUT2D eigenvalue weighted by atomic mass is 79.9. The zero-order chi connectivity index (χ0) is 11.4. The molecule has 1 atom stereocenters. The predicted molar refractivity (Wildman–Crippen MR) is 56.0 cm³/mol. The molecule has 0 aromatic carbocycles. The minimum Gasteiger partial charge on any atom is -0.465 e. The number of rotatable bonds is 2. The van der Waals surface area contributed by atoms with Crippen LogP contribution in [0.1, 0.15) is 0 Å². The number of carboxylic acid groups (broad SMARTS) is 1. The van der Waals surface area contributed by atoms with E-state index >= 15 is 0 Å². The molecule has 0 spiro atoms. The molecular weight excluding hydrogens is 268 g/mol. The zero-order valence-corrected chi connectivity index (χ0v) is 9.68. The van der Waals surface area contributed by atoms with E-state index < -0.39 is 12.1 Å². The number of carbonyl (C=O) groups excluding carboxylic acids is 1. The van der Waals surface area contributed by atoms with Gasteiger partial charge in [-0.05, 0) is 0 Å². The van der Waals surface area contributed by atoms with Gasteiger partial charge in [0, 0.05) is 19.6 Å². The summed E-state index contributed by atoms with van der Waals surface area (Å²) in [6.45, 7) is 0.583. The number of nitrogens with zero attached hydrogens (tertiary/aromatic N) is 2. The summed E-state index contributed by atoms with van der Waals surface area (Å²) < 4.78 is 0. The molecule has 1 rings (SSSR count). The Hall–Kier alpha value is -0.820. The lowest BCUT2D eigenvalue weighted by molar-refractivity contribution is -0.134. The molecule has 0 aliphatic carbocycles. The molecule has 1 fully saturated rings. The van der Waals surface area contributed by atoms with Gasteiger partial charge in [-0.15, -0.1) is 0 Å². The van der Waals surface area contributed by atoms with Crippen LogP contribution in [-0.4, -0.2) is 69.6 Å². The van der Waals surface area contributed by atoms with Crippen molar-refractivity contribution >= 4 is 27.9 Å². The Labute approximate surface area is 95.6 Å². The van der Waals surface area contributed by atoms with Crippen molar-refractivity contribution in [3.8, 4) is 0 Å². The third-order valence-electron chi connectivity index (χ3n) is 2.40. The highest BCUT2D eigenvalue weighted by molar-refractivity contribution is 9.09. The molecule has 0 unspecified atom stereocenters. The number of aliphatic hydroxyl groups is 1. The molecule has 2 N–H and O–H groups in total. The molecular formula is C8H13BrN2O4. The molecule has 86 valence electrons. The van der Waals surface area contributed by atoms with Gasteiger partial charge in [-0.25, -0.2) is 4.79 Å². The number of aliphatic hydroxyl groups excluding tert-OH is 1. The summed E-state index contributed by atoms with van der Waals surface area (Å²) in [5.74, 6) is -0.126. The third-order valence-corrected chi connectivity index (χ3v) is 2.88. The van der Waals surface area contributed by atoms with E-state index in [1.54, 1.807) is 0 Å². The minimum atomic E-state index is -1.01. The number of halogens is 1. The van der Waals surface area contributed by atoms with Crippen LogP contribution < -0.4 is 0 Å². The molecule has 0 radical (unpaired) electrons. The van der Waals surface area contributed by atoms with Gasteiger partial charge < -0.3 is 20.0 Å². The molecule has 0 aromatic heterocycles. The van der Waals surface area contributed by atoms with Crippen molar-refractivity contribution in [1.82, 2.24) is 9.80 Å². The van der Waals surface area contributed by atoms with Crippen LogP contribution in [0.4, 0.5) is 4.79 Å². The van der Waals surface area contributed by atoms with Crippen LogP contribution >= 0.6 is 15.9 Å². The van der Waals surface area contributed by atoms with Crippen molar-refractivity contribution in [2.45, 2.75) is 6.04 Å². The average Bonchev–Trinajstić information content (AvgIpc) is 2.27. The SMILES string of the molecule is O=C(O)N1CCN(C(=O)CBr)[C@H](CO)C1. The van der Waals surface area contributed by atoms with Crippen LogP contribution in [0.15, 0.2) is 0 Å². The number of carbonyl (C=O) groups is 2. The van der Waals surface area contributed by atoms with Crippen LogP contribution in [0, 0.1) is 0 Å². The fourth-order valence-corrected chi connectivity index (χ4v) is 1.91. The molecule has 1 heterocycles. The Morgan fingerprint density at radius 1 is 1.40 bits per heavy atom. The summed E-state index contributed by atoms with van der Waals surface area (Å²) in [4.78, 5) is 24.8. The van der Waals surface area contributed by atoms with Crippen molar-refractivity contribution in [2.24, 2.45) is 0 Å². The smallest absolute Gasteiger partial charge is 0.407 e. The Balaban J connectivity index is 2.64. The van der Waals surface area contributed by atoms with Gasteiger partial charge in [0.1, 0.15) is 0 Å². The number of amides is 2. The van der Waals surface area contributed by atoms with Gasteiger partial charge in [0.2, 0.25) is 5.91 Å². The lowest BCUT2D eigenvalue weighted by atomic mass is 10.2. The number of hydrogen-bond acceptors (Lipinski definition) is 3. The van der Waals surface area contributed by atoms with Crippen molar-refractivity contribution in [3.63, 3.8) is 0 Å². The fraction of sp³-hybridized carbons (Fsp3) is 0.750. The van der Waals surface area contributed by atoms with E-state index in [1.807, 2.05) is 0 Å². The summed E-state index contributed by atoms with van der Waals surface area (Å²) >= 11 is 3.05. The second-order valence-corrected chi connectivity index (χ2v) is 3.85. The molecule has 6 nitrogen and oxygen atoms in total. The molecule has 15 heavy (non-hydrogen) atoms.